The Morgan fingerprint density at radius 3 is 2.30 bits per heavy atom. The Balaban J connectivity index is 2.39. The monoisotopic (exact) mass is 204 g/mol. The molecule has 0 bridgehead atoms. The third-order valence-corrected chi connectivity index (χ3v) is 2.38. The van der Waals surface area contributed by atoms with Crippen LogP contribution in [0.5, 0.6) is 0 Å². The zero-order valence-electron chi connectivity index (χ0n) is 5.60. The number of carbonyl (C=O) groups excluding carboxylic acids is 2. The molecule has 0 radical (unpaired) electrons. The van der Waals surface area contributed by atoms with Gasteiger partial charge in [-0.3, -0.25) is 9.59 Å². The van der Waals surface area contributed by atoms with Gasteiger partial charge in [-0.05, 0) is 12.8 Å². The number of alkyl halides is 1. The molecule has 10 heavy (non-hydrogen) atoms. The van der Waals surface area contributed by atoms with Gasteiger partial charge in [0.2, 0.25) is 11.6 Å². The second-order valence-electron chi connectivity index (χ2n) is 2.55. The van der Waals surface area contributed by atoms with Crippen LogP contribution in [0.1, 0.15) is 19.3 Å². The Bertz CT molecular complexity index is 161. The number of carbonyl (C=O) groups is 2. The molecular weight excluding hydrogens is 196 g/mol. The van der Waals surface area contributed by atoms with Gasteiger partial charge in [0.1, 0.15) is 0 Å². The molecule has 3 heteroatoms. The van der Waals surface area contributed by atoms with Gasteiger partial charge < -0.3 is 0 Å². The quantitative estimate of drug-likeness (QED) is 0.514. The van der Waals surface area contributed by atoms with Crippen molar-refractivity contribution in [2.45, 2.75) is 19.3 Å². The van der Waals surface area contributed by atoms with Crippen molar-refractivity contribution in [3.05, 3.63) is 0 Å². The van der Waals surface area contributed by atoms with Gasteiger partial charge in [-0.15, -0.1) is 0 Å². The molecule has 1 rings (SSSR count). The van der Waals surface area contributed by atoms with Crippen LogP contribution in [0.4, 0.5) is 0 Å². The Labute approximate surface area is 68.1 Å². The fraction of sp³-hybridized carbons (Fsp3) is 0.714. The van der Waals surface area contributed by atoms with Crippen molar-refractivity contribution in [3.63, 3.8) is 0 Å². The molecule has 1 saturated carbocycles. The van der Waals surface area contributed by atoms with Crippen LogP contribution < -0.4 is 0 Å². The lowest BCUT2D eigenvalue weighted by Gasteiger charge is -2.22. The normalized spacial score (nSPS) is 18.1. The predicted octanol–water partition coefficient (Wildman–Crippen LogP) is 1.32. The molecular formula is C7H9BrO2. The summed E-state index contributed by atoms with van der Waals surface area (Å²) >= 11 is 2.97. The van der Waals surface area contributed by atoms with Crippen LogP contribution in [0.3, 0.4) is 0 Å². The molecule has 0 saturated heterocycles. The van der Waals surface area contributed by atoms with E-state index in [1.54, 1.807) is 0 Å². The third-order valence-electron chi connectivity index (χ3n) is 1.87. The third kappa shape index (κ3) is 1.45. The van der Waals surface area contributed by atoms with E-state index in [0.29, 0.717) is 0 Å². The SMILES string of the molecule is O=C(CBr)C(=O)C1CCC1. The Kier molecular flexibility index (Phi) is 2.60. The van der Waals surface area contributed by atoms with Crippen LogP contribution in [0.2, 0.25) is 0 Å². The van der Waals surface area contributed by atoms with Crippen LogP contribution in [-0.2, 0) is 9.59 Å². The zero-order chi connectivity index (χ0) is 7.56. The number of rotatable bonds is 3. The lowest BCUT2D eigenvalue weighted by molar-refractivity contribution is -0.139. The minimum Gasteiger partial charge on any atom is -0.291 e. The van der Waals surface area contributed by atoms with Crippen LogP contribution >= 0.6 is 15.9 Å². The summed E-state index contributed by atoms with van der Waals surface area (Å²) in [6.45, 7) is 0. The second-order valence-corrected chi connectivity index (χ2v) is 3.11. The summed E-state index contributed by atoms with van der Waals surface area (Å²) in [5, 5.41) is 0.183. The number of hydrogen-bond acceptors (Lipinski definition) is 2. The molecule has 0 aliphatic heterocycles. The first-order valence-corrected chi connectivity index (χ1v) is 4.51. The molecule has 0 aromatic carbocycles. The summed E-state index contributed by atoms with van der Waals surface area (Å²) < 4.78 is 0. The highest BCUT2D eigenvalue weighted by atomic mass is 79.9. The topological polar surface area (TPSA) is 34.1 Å². The fourth-order valence-electron chi connectivity index (χ4n) is 0.964. The highest BCUT2D eigenvalue weighted by Gasteiger charge is 2.28. The highest BCUT2D eigenvalue weighted by Crippen LogP contribution is 2.27. The largest absolute Gasteiger partial charge is 0.291 e. The number of Topliss-reactive ketones (excluding diaryl/α,β-unsaturated/α-hetero) is 2. The van der Waals surface area contributed by atoms with E-state index in [9.17, 15) is 9.59 Å². The Hall–Kier alpha value is -0.180. The molecule has 0 aromatic rings. The van der Waals surface area contributed by atoms with Crippen LogP contribution in [0, 0.1) is 5.92 Å². The molecule has 1 fully saturated rings. The summed E-state index contributed by atoms with van der Waals surface area (Å²) in [6, 6.07) is 0. The van der Waals surface area contributed by atoms with Gasteiger partial charge in [0.15, 0.2) is 0 Å². The van der Waals surface area contributed by atoms with Crippen molar-refractivity contribution in [1.29, 1.82) is 0 Å². The maximum Gasteiger partial charge on any atom is 0.209 e. The second kappa shape index (κ2) is 3.28. The van der Waals surface area contributed by atoms with Crippen LogP contribution in [0.25, 0.3) is 0 Å². The summed E-state index contributed by atoms with van der Waals surface area (Å²) in [5.74, 6) is -0.391. The minimum atomic E-state index is -0.273. The zero-order valence-corrected chi connectivity index (χ0v) is 7.19. The van der Waals surface area contributed by atoms with E-state index in [0.717, 1.165) is 19.3 Å². The lowest BCUT2D eigenvalue weighted by atomic mass is 9.81. The molecule has 0 aromatic heterocycles. The van der Waals surface area contributed by atoms with Crippen molar-refractivity contribution >= 4 is 27.5 Å². The smallest absolute Gasteiger partial charge is 0.209 e. The van der Waals surface area contributed by atoms with Gasteiger partial charge >= 0.3 is 0 Å². The van der Waals surface area contributed by atoms with E-state index in [-0.39, 0.29) is 22.8 Å². The molecule has 0 spiro atoms. The molecule has 56 valence electrons. The average Bonchev–Trinajstić information content (AvgIpc) is 1.82. The first-order valence-electron chi connectivity index (χ1n) is 3.38. The standard InChI is InChI=1S/C7H9BrO2/c8-4-6(9)7(10)5-2-1-3-5/h5H,1-4H2. The minimum absolute atomic E-state index is 0.0602. The van der Waals surface area contributed by atoms with E-state index in [4.69, 9.17) is 0 Å². The molecule has 0 amide bonds. The van der Waals surface area contributed by atoms with Gasteiger partial charge in [-0.2, -0.15) is 0 Å². The summed E-state index contributed by atoms with van der Waals surface area (Å²) in [4.78, 5) is 21.7. The van der Waals surface area contributed by atoms with Crippen LogP contribution in [-0.4, -0.2) is 16.9 Å². The highest BCUT2D eigenvalue weighted by molar-refractivity contribution is 9.09. The van der Waals surface area contributed by atoms with Gasteiger partial charge in [-0.25, -0.2) is 0 Å². The lowest BCUT2D eigenvalue weighted by Crippen LogP contribution is -2.29. The van der Waals surface area contributed by atoms with Gasteiger partial charge in [0, 0.05) is 5.92 Å². The fourth-order valence-corrected chi connectivity index (χ4v) is 1.24. The summed E-state index contributed by atoms with van der Waals surface area (Å²) in [7, 11) is 0. The first-order chi connectivity index (χ1) is 4.75. The van der Waals surface area contributed by atoms with E-state index < -0.39 is 0 Å². The maximum atomic E-state index is 11.0. The van der Waals surface area contributed by atoms with Gasteiger partial charge in [-0.1, -0.05) is 22.4 Å². The van der Waals surface area contributed by atoms with Crippen molar-refractivity contribution in [3.8, 4) is 0 Å². The molecule has 0 N–H and O–H groups in total. The Morgan fingerprint density at radius 1 is 1.40 bits per heavy atom. The number of hydrogen-bond donors (Lipinski definition) is 0. The summed E-state index contributed by atoms with van der Waals surface area (Å²) in [6.07, 6.45) is 2.93. The molecule has 1 aliphatic rings. The van der Waals surface area contributed by atoms with Crippen molar-refractivity contribution in [1.82, 2.24) is 0 Å². The van der Waals surface area contributed by atoms with Crippen molar-refractivity contribution in [2.24, 2.45) is 5.92 Å². The maximum absolute atomic E-state index is 11.0. The van der Waals surface area contributed by atoms with E-state index >= 15 is 0 Å². The average molecular weight is 205 g/mol. The predicted molar refractivity (Wildman–Crippen MR) is 41.1 cm³/mol. The molecule has 0 heterocycles. The summed E-state index contributed by atoms with van der Waals surface area (Å²) in [5.41, 5.74) is 0. The first kappa shape index (κ1) is 7.92. The molecule has 0 atom stereocenters. The van der Waals surface area contributed by atoms with Crippen molar-refractivity contribution < 1.29 is 9.59 Å². The van der Waals surface area contributed by atoms with Gasteiger partial charge in [0.05, 0.1) is 5.33 Å². The van der Waals surface area contributed by atoms with Crippen molar-refractivity contribution in [2.75, 3.05) is 5.33 Å². The van der Waals surface area contributed by atoms with E-state index in [2.05, 4.69) is 15.9 Å². The van der Waals surface area contributed by atoms with E-state index in [1.807, 2.05) is 0 Å². The molecule has 2 nitrogen and oxygen atoms in total. The molecule has 0 unspecified atom stereocenters. The number of ketones is 2. The molecule has 1 aliphatic carbocycles. The van der Waals surface area contributed by atoms with Crippen LogP contribution in [0.15, 0.2) is 0 Å². The number of halogens is 1. The van der Waals surface area contributed by atoms with Gasteiger partial charge in [0.25, 0.3) is 0 Å². The van der Waals surface area contributed by atoms with E-state index in [1.165, 1.54) is 0 Å². The Morgan fingerprint density at radius 2 is 2.00 bits per heavy atom.